The summed E-state index contributed by atoms with van der Waals surface area (Å²) in [5.41, 5.74) is 8.56. The predicted molar refractivity (Wildman–Crippen MR) is 99.9 cm³/mol. The fourth-order valence-corrected chi connectivity index (χ4v) is 2.84. The monoisotopic (exact) mass is 490 g/mol. The van der Waals surface area contributed by atoms with E-state index in [4.69, 9.17) is 11.5 Å². The number of aromatic nitrogens is 2. The first kappa shape index (κ1) is 19.8. The van der Waals surface area contributed by atoms with Crippen LogP contribution in [0, 0.1) is 11.6 Å². The van der Waals surface area contributed by atoms with Gasteiger partial charge in [0.05, 0.1) is 22.2 Å². The highest BCUT2D eigenvalue weighted by atomic mass is 79.9. The molecule has 2 aromatic carbocycles. The number of fused-ring (bicyclic) bond motifs is 1. The minimum absolute atomic E-state index is 0.0122. The van der Waals surface area contributed by atoms with Crippen LogP contribution in [0.15, 0.2) is 42.8 Å². The maximum Gasteiger partial charge on any atom is 0.326 e. The third kappa shape index (κ3) is 4.35. The average molecular weight is 492 g/mol. The normalized spacial score (nSPS) is 10.3. The number of nitrogen functional groups attached to an aromatic ring is 1. The van der Waals surface area contributed by atoms with Crippen molar-refractivity contribution in [2.45, 2.75) is 0 Å². The predicted octanol–water partition coefficient (Wildman–Crippen LogP) is 2.39. The Morgan fingerprint density at radius 2 is 1.54 bits per heavy atom. The molecule has 0 aliphatic carbocycles. The lowest BCUT2D eigenvalue weighted by atomic mass is 10.1. The van der Waals surface area contributed by atoms with Gasteiger partial charge in [0.1, 0.15) is 11.6 Å². The lowest BCUT2D eigenvalue weighted by Gasteiger charge is -2.02. The van der Waals surface area contributed by atoms with E-state index >= 15 is 0 Å². The SMILES string of the molecule is NC(=O)c1cc(Br)cc(F)c1N.O=c1[nH]c(=O)c2cc(Br)cc(F)c2[nH]1. The van der Waals surface area contributed by atoms with Crippen molar-refractivity contribution in [2.75, 3.05) is 5.73 Å². The summed E-state index contributed by atoms with van der Waals surface area (Å²) >= 11 is 6.06. The smallest absolute Gasteiger partial charge is 0.326 e. The van der Waals surface area contributed by atoms with Crippen molar-refractivity contribution in [1.29, 1.82) is 0 Å². The number of hydrogen-bond acceptors (Lipinski definition) is 4. The van der Waals surface area contributed by atoms with Crippen LogP contribution in [0.1, 0.15) is 10.4 Å². The number of benzene rings is 2. The minimum atomic E-state index is -0.743. The molecule has 0 aliphatic heterocycles. The Kier molecular flexibility index (Phi) is 5.93. The van der Waals surface area contributed by atoms with Crippen LogP contribution in [0.25, 0.3) is 10.9 Å². The summed E-state index contributed by atoms with van der Waals surface area (Å²) in [5.74, 6) is -2.04. The van der Waals surface area contributed by atoms with Gasteiger partial charge >= 0.3 is 5.69 Å². The molecule has 1 aromatic heterocycles. The molecule has 1 amide bonds. The minimum Gasteiger partial charge on any atom is -0.396 e. The lowest BCUT2D eigenvalue weighted by molar-refractivity contribution is 0.100. The van der Waals surface area contributed by atoms with Crippen molar-refractivity contribution in [1.82, 2.24) is 9.97 Å². The van der Waals surface area contributed by atoms with Crippen LogP contribution >= 0.6 is 31.9 Å². The number of primary amides is 1. The second-order valence-electron chi connectivity index (χ2n) is 4.93. The number of halogens is 4. The second-order valence-corrected chi connectivity index (χ2v) is 6.76. The van der Waals surface area contributed by atoms with Crippen LogP contribution in [0.3, 0.4) is 0 Å². The van der Waals surface area contributed by atoms with E-state index in [0.29, 0.717) is 8.95 Å². The van der Waals surface area contributed by atoms with Crippen molar-refractivity contribution in [3.63, 3.8) is 0 Å². The van der Waals surface area contributed by atoms with Gasteiger partial charge in [0.25, 0.3) is 11.5 Å². The van der Waals surface area contributed by atoms with Gasteiger partial charge in [0.2, 0.25) is 0 Å². The summed E-state index contributed by atoms with van der Waals surface area (Å²) in [6.45, 7) is 0. The highest BCUT2D eigenvalue weighted by Crippen LogP contribution is 2.21. The van der Waals surface area contributed by atoms with E-state index < -0.39 is 28.8 Å². The summed E-state index contributed by atoms with van der Waals surface area (Å²) in [4.78, 5) is 37.0. The number of amides is 1. The van der Waals surface area contributed by atoms with Crippen LogP contribution in [0.5, 0.6) is 0 Å². The first-order valence-corrected chi connectivity index (χ1v) is 8.34. The van der Waals surface area contributed by atoms with Gasteiger partial charge in [-0.1, -0.05) is 31.9 Å². The van der Waals surface area contributed by atoms with Crippen molar-refractivity contribution in [3.8, 4) is 0 Å². The molecule has 0 saturated carbocycles. The van der Waals surface area contributed by atoms with E-state index in [2.05, 4.69) is 36.8 Å². The first-order chi connectivity index (χ1) is 12.1. The zero-order chi connectivity index (χ0) is 19.6. The van der Waals surface area contributed by atoms with Gasteiger partial charge in [-0.05, 0) is 24.3 Å². The van der Waals surface area contributed by atoms with Gasteiger partial charge in [0, 0.05) is 8.95 Å². The molecular weight excluding hydrogens is 482 g/mol. The van der Waals surface area contributed by atoms with Crippen LogP contribution < -0.4 is 22.7 Å². The summed E-state index contributed by atoms with van der Waals surface area (Å²) in [6, 6.07) is 5.16. The van der Waals surface area contributed by atoms with Gasteiger partial charge in [-0.15, -0.1) is 0 Å². The van der Waals surface area contributed by atoms with E-state index in [0.717, 1.165) is 0 Å². The number of aromatic amines is 2. The highest BCUT2D eigenvalue weighted by Gasteiger charge is 2.11. The molecule has 6 N–H and O–H groups in total. The molecule has 3 rings (SSSR count). The van der Waals surface area contributed by atoms with Crippen LogP contribution in [-0.4, -0.2) is 15.9 Å². The first-order valence-electron chi connectivity index (χ1n) is 6.76. The maximum atomic E-state index is 13.3. The second kappa shape index (κ2) is 7.79. The van der Waals surface area contributed by atoms with Gasteiger partial charge < -0.3 is 16.5 Å². The Bertz CT molecular complexity index is 1130. The number of hydrogen-bond donors (Lipinski definition) is 4. The van der Waals surface area contributed by atoms with Crippen molar-refractivity contribution < 1.29 is 13.6 Å². The molecule has 0 atom stereocenters. The molecule has 7 nitrogen and oxygen atoms in total. The number of nitrogens with two attached hydrogens (primary N) is 2. The Hall–Kier alpha value is -2.53. The number of rotatable bonds is 1. The molecule has 0 fully saturated rings. The topological polar surface area (TPSA) is 135 Å². The largest absolute Gasteiger partial charge is 0.396 e. The number of H-pyrrole nitrogens is 2. The van der Waals surface area contributed by atoms with E-state index in [1.807, 2.05) is 4.98 Å². The van der Waals surface area contributed by atoms with Crippen molar-refractivity contribution in [3.05, 3.63) is 71.2 Å². The van der Waals surface area contributed by atoms with Crippen LogP contribution in [0.2, 0.25) is 0 Å². The maximum absolute atomic E-state index is 13.3. The van der Waals surface area contributed by atoms with E-state index in [-0.39, 0.29) is 22.2 Å². The van der Waals surface area contributed by atoms with E-state index in [1.54, 1.807) is 0 Å². The van der Waals surface area contributed by atoms with Gasteiger partial charge in [-0.3, -0.25) is 14.6 Å². The summed E-state index contributed by atoms with van der Waals surface area (Å²) < 4.78 is 27.0. The van der Waals surface area contributed by atoms with E-state index in [9.17, 15) is 23.2 Å². The molecule has 0 aliphatic rings. The molecule has 136 valence electrons. The summed E-state index contributed by atoms with van der Waals surface area (Å²) in [6.07, 6.45) is 0. The fraction of sp³-hybridized carbons (Fsp3) is 0. The van der Waals surface area contributed by atoms with Gasteiger partial charge in [-0.25, -0.2) is 13.6 Å². The van der Waals surface area contributed by atoms with Crippen molar-refractivity contribution in [2.24, 2.45) is 5.73 Å². The molecule has 0 unspecified atom stereocenters. The quantitative estimate of drug-likeness (QED) is 0.388. The summed E-state index contributed by atoms with van der Waals surface area (Å²) in [7, 11) is 0. The van der Waals surface area contributed by atoms with Gasteiger partial charge in [-0.2, -0.15) is 0 Å². The number of anilines is 1. The summed E-state index contributed by atoms with van der Waals surface area (Å²) in [5, 5.41) is 0.108. The zero-order valence-corrected chi connectivity index (χ0v) is 15.9. The van der Waals surface area contributed by atoms with Crippen LogP contribution in [-0.2, 0) is 0 Å². The van der Waals surface area contributed by atoms with E-state index in [1.165, 1.54) is 24.3 Å². The van der Waals surface area contributed by atoms with Crippen LogP contribution in [0.4, 0.5) is 14.5 Å². The molecule has 1 heterocycles. The third-order valence-corrected chi connectivity index (χ3v) is 4.04. The molecule has 0 bridgehead atoms. The molecule has 0 spiro atoms. The number of nitrogens with one attached hydrogen (secondary N) is 2. The number of carbonyl (C=O) groups excluding carboxylic acids is 1. The van der Waals surface area contributed by atoms with Crippen molar-refractivity contribution >= 4 is 54.4 Å². The average Bonchev–Trinajstić information content (AvgIpc) is 2.52. The highest BCUT2D eigenvalue weighted by molar-refractivity contribution is 9.10. The molecule has 26 heavy (non-hydrogen) atoms. The molecule has 11 heteroatoms. The molecule has 0 saturated heterocycles. The Morgan fingerprint density at radius 1 is 0.962 bits per heavy atom. The molecule has 3 aromatic rings. The Labute approximate surface area is 160 Å². The Morgan fingerprint density at radius 3 is 2.15 bits per heavy atom. The molecular formula is C15H10Br2F2N4O3. The molecule has 0 radical (unpaired) electrons. The fourth-order valence-electron chi connectivity index (χ4n) is 1.98. The Balaban J connectivity index is 0.000000190. The lowest BCUT2D eigenvalue weighted by Crippen LogP contribution is -2.22. The number of carbonyl (C=O) groups is 1. The third-order valence-electron chi connectivity index (χ3n) is 3.12. The zero-order valence-electron chi connectivity index (χ0n) is 12.7. The van der Waals surface area contributed by atoms with Gasteiger partial charge in [0.15, 0.2) is 0 Å². The standard InChI is InChI=1S/C8H4BrFN2O2.C7H6BrFN2O/c9-3-1-4-6(5(10)2-3)11-8(14)12-7(4)13;8-3-1-4(7(11)12)6(10)5(9)2-3/h1-2H,(H2,11,12,13,14);1-2H,10H2,(H2,11,12).